The van der Waals surface area contributed by atoms with Crippen molar-refractivity contribution in [3.8, 4) is 5.75 Å². The first kappa shape index (κ1) is 11.2. The van der Waals surface area contributed by atoms with Gasteiger partial charge in [0.25, 0.3) is 0 Å². The minimum Gasteiger partial charge on any atom is -0.490 e. The van der Waals surface area contributed by atoms with Crippen LogP contribution in [0.2, 0.25) is 0 Å². The number of rotatable bonds is 4. The van der Waals surface area contributed by atoms with Crippen molar-refractivity contribution >= 4 is 17.5 Å². The molecule has 17 heavy (non-hydrogen) atoms. The number of anilines is 3. The third-order valence-electron chi connectivity index (χ3n) is 2.20. The molecule has 7 nitrogen and oxygen atoms in total. The number of aromatic amines is 1. The summed E-state index contributed by atoms with van der Waals surface area (Å²) in [5.74, 6) is 2.42. The molecule has 0 aromatic carbocycles. The fourth-order valence-corrected chi connectivity index (χ4v) is 1.44. The third kappa shape index (κ3) is 2.27. The number of hydrogen-bond acceptors (Lipinski definition) is 6. The highest BCUT2D eigenvalue weighted by molar-refractivity contribution is 5.67. The van der Waals surface area contributed by atoms with Crippen LogP contribution in [0, 0.1) is 6.92 Å². The van der Waals surface area contributed by atoms with Gasteiger partial charge in [-0.2, -0.15) is 5.10 Å². The van der Waals surface area contributed by atoms with Gasteiger partial charge in [0, 0.05) is 18.8 Å². The number of ether oxygens (including phenoxy) is 1. The minimum atomic E-state index is 0.552. The highest BCUT2D eigenvalue weighted by Gasteiger charge is 2.11. The predicted octanol–water partition coefficient (Wildman–Crippen LogP) is 1.30. The molecule has 0 aliphatic rings. The summed E-state index contributed by atoms with van der Waals surface area (Å²) < 4.78 is 5.26. The molecule has 0 saturated carbocycles. The molecule has 0 radical (unpaired) electrons. The normalized spacial score (nSPS) is 10.1. The van der Waals surface area contributed by atoms with E-state index >= 15 is 0 Å². The maximum Gasteiger partial charge on any atom is 0.204 e. The van der Waals surface area contributed by atoms with E-state index in [4.69, 9.17) is 4.74 Å². The lowest BCUT2D eigenvalue weighted by molar-refractivity contribution is 0.415. The highest BCUT2D eigenvalue weighted by Crippen LogP contribution is 2.30. The number of aromatic nitrogens is 4. The average Bonchev–Trinajstić information content (AvgIpc) is 2.74. The Morgan fingerprint density at radius 1 is 1.29 bits per heavy atom. The summed E-state index contributed by atoms with van der Waals surface area (Å²) in [7, 11) is 3.34. The molecular formula is C10H14N6O. The average molecular weight is 234 g/mol. The predicted molar refractivity (Wildman–Crippen MR) is 64.7 cm³/mol. The Morgan fingerprint density at radius 2 is 2.06 bits per heavy atom. The van der Waals surface area contributed by atoms with Crippen LogP contribution >= 0.6 is 0 Å². The van der Waals surface area contributed by atoms with Crippen LogP contribution < -0.4 is 15.4 Å². The molecule has 0 spiro atoms. The zero-order chi connectivity index (χ0) is 12.3. The third-order valence-corrected chi connectivity index (χ3v) is 2.20. The van der Waals surface area contributed by atoms with Crippen LogP contribution in [-0.4, -0.2) is 34.3 Å². The molecule has 0 fully saturated rings. The smallest absolute Gasteiger partial charge is 0.204 e. The van der Waals surface area contributed by atoms with E-state index in [2.05, 4.69) is 30.8 Å². The van der Waals surface area contributed by atoms with Gasteiger partial charge in [-0.05, 0) is 6.92 Å². The minimum absolute atomic E-state index is 0.552. The summed E-state index contributed by atoms with van der Waals surface area (Å²) in [6.45, 7) is 1.93. The van der Waals surface area contributed by atoms with Crippen molar-refractivity contribution in [1.29, 1.82) is 0 Å². The fraction of sp³-hybridized carbons (Fsp3) is 0.300. The monoisotopic (exact) mass is 234 g/mol. The van der Waals surface area contributed by atoms with E-state index < -0.39 is 0 Å². The van der Waals surface area contributed by atoms with Gasteiger partial charge in [-0.1, -0.05) is 0 Å². The Balaban J connectivity index is 2.32. The first-order chi connectivity index (χ1) is 8.24. The van der Waals surface area contributed by atoms with Crippen molar-refractivity contribution in [2.24, 2.45) is 0 Å². The van der Waals surface area contributed by atoms with Crippen molar-refractivity contribution in [1.82, 2.24) is 20.2 Å². The second kappa shape index (κ2) is 4.69. The summed E-state index contributed by atoms with van der Waals surface area (Å²) in [5, 5.41) is 12.9. The van der Waals surface area contributed by atoms with Crippen molar-refractivity contribution in [2.45, 2.75) is 6.92 Å². The van der Waals surface area contributed by atoms with Gasteiger partial charge in [0.15, 0.2) is 17.5 Å². The molecule has 7 heteroatoms. The van der Waals surface area contributed by atoms with Crippen molar-refractivity contribution in [2.75, 3.05) is 24.8 Å². The van der Waals surface area contributed by atoms with Crippen LogP contribution in [0.5, 0.6) is 5.75 Å². The number of methoxy groups -OCH3 is 1. The molecule has 2 heterocycles. The van der Waals surface area contributed by atoms with Crippen molar-refractivity contribution < 1.29 is 4.74 Å². The summed E-state index contributed by atoms with van der Waals surface area (Å²) in [6.07, 6.45) is 1.45. The Hall–Kier alpha value is -2.31. The molecule has 0 unspecified atom stereocenters. The maximum absolute atomic E-state index is 5.26. The first-order valence-electron chi connectivity index (χ1n) is 5.10. The van der Waals surface area contributed by atoms with E-state index in [9.17, 15) is 0 Å². The van der Waals surface area contributed by atoms with E-state index in [1.165, 1.54) is 6.33 Å². The molecule has 0 aliphatic carbocycles. The Kier molecular flexibility index (Phi) is 3.08. The van der Waals surface area contributed by atoms with Gasteiger partial charge in [0.2, 0.25) is 5.75 Å². The highest BCUT2D eigenvalue weighted by atomic mass is 16.5. The number of aryl methyl sites for hydroxylation is 1. The van der Waals surface area contributed by atoms with Crippen LogP contribution in [0.4, 0.5) is 17.5 Å². The van der Waals surface area contributed by atoms with E-state index in [0.717, 1.165) is 5.69 Å². The summed E-state index contributed by atoms with van der Waals surface area (Å²) in [6, 6.07) is 1.88. The zero-order valence-corrected chi connectivity index (χ0v) is 9.90. The molecule has 3 N–H and O–H groups in total. The van der Waals surface area contributed by atoms with Gasteiger partial charge in [0.1, 0.15) is 6.33 Å². The van der Waals surface area contributed by atoms with Gasteiger partial charge < -0.3 is 15.4 Å². The second-order valence-corrected chi connectivity index (χ2v) is 3.42. The number of hydrogen-bond donors (Lipinski definition) is 3. The van der Waals surface area contributed by atoms with Crippen molar-refractivity contribution in [3.63, 3.8) is 0 Å². The lowest BCUT2D eigenvalue weighted by Crippen LogP contribution is -2.03. The lowest BCUT2D eigenvalue weighted by Gasteiger charge is -2.10. The van der Waals surface area contributed by atoms with Gasteiger partial charge in [-0.3, -0.25) is 5.10 Å². The second-order valence-electron chi connectivity index (χ2n) is 3.42. The van der Waals surface area contributed by atoms with Crippen LogP contribution in [0.25, 0.3) is 0 Å². The topological polar surface area (TPSA) is 87.8 Å². The summed E-state index contributed by atoms with van der Waals surface area (Å²) >= 11 is 0. The SMILES string of the molecule is CNc1ncnc(Nc2cc(C)[nH]n2)c1OC. The van der Waals surface area contributed by atoms with Gasteiger partial charge in [-0.25, -0.2) is 9.97 Å². The number of H-pyrrole nitrogens is 1. The first-order valence-corrected chi connectivity index (χ1v) is 5.10. The molecule has 0 amide bonds. The van der Waals surface area contributed by atoms with Crippen LogP contribution in [0.15, 0.2) is 12.4 Å². The molecule has 0 aliphatic heterocycles. The lowest BCUT2D eigenvalue weighted by atomic mass is 10.4. The van der Waals surface area contributed by atoms with Crippen LogP contribution in [0.1, 0.15) is 5.69 Å². The molecule has 0 atom stereocenters. The van der Waals surface area contributed by atoms with Gasteiger partial charge in [0.05, 0.1) is 7.11 Å². The molecule has 90 valence electrons. The number of nitrogens with one attached hydrogen (secondary N) is 3. The Bertz CT molecular complexity index is 509. The zero-order valence-electron chi connectivity index (χ0n) is 9.90. The van der Waals surface area contributed by atoms with Crippen LogP contribution in [-0.2, 0) is 0 Å². The number of nitrogens with zero attached hydrogens (tertiary/aromatic N) is 3. The van der Waals surface area contributed by atoms with E-state index in [0.29, 0.717) is 23.2 Å². The molecule has 2 rings (SSSR count). The quantitative estimate of drug-likeness (QED) is 0.739. The van der Waals surface area contributed by atoms with Gasteiger partial charge in [-0.15, -0.1) is 0 Å². The largest absolute Gasteiger partial charge is 0.490 e. The standard InChI is InChI=1S/C10H14N6O/c1-6-4-7(16-15-6)14-10-8(17-3)9(11-2)12-5-13-10/h4-5H,1-3H3,(H3,11,12,13,14,15,16). The molecule has 2 aromatic heterocycles. The summed E-state index contributed by atoms with van der Waals surface area (Å²) in [4.78, 5) is 8.18. The molecular weight excluding hydrogens is 220 g/mol. The summed E-state index contributed by atoms with van der Waals surface area (Å²) in [5.41, 5.74) is 0.967. The van der Waals surface area contributed by atoms with Gasteiger partial charge >= 0.3 is 0 Å². The molecule has 0 saturated heterocycles. The fourth-order valence-electron chi connectivity index (χ4n) is 1.44. The maximum atomic E-state index is 5.26. The Morgan fingerprint density at radius 3 is 2.65 bits per heavy atom. The van der Waals surface area contributed by atoms with E-state index in [1.54, 1.807) is 14.2 Å². The Labute approximate surface area is 98.6 Å². The van der Waals surface area contributed by atoms with E-state index in [-0.39, 0.29) is 0 Å². The van der Waals surface area contributed by atoms with Crippen LogP contribution in [0.3, 0.4) is 0 Å². The molecule has 0 bridgehead atoms. The molecule has 2 aromatic rings. The van der Waals surface area contributed by atoms with Crippen molar-refractivity contribution in [3.05, 3.63) is 18.1 Å². The van der Waals surface area contributed by atoms with E-state index in [1.807, 2.05) is 13.0 Å².